The molecule has 0 aliphatic carbocycles. The van der Waals surface area contributed by atoms with Crippen molar-refractivity contribution in [2.24, 2.45) is 0 Å². The number of aromatic nitrogens is 1. The van der Waals surface area contributed by atoms with Crippen LogP contribution in [0.4, 0.5) is 5.69 Å². The van der Waals surface area contributed by atoms with E-state index < -0.39 is 0 Å². The van der Waals surface area contributed by atoms with Gasteiger partial charge in [-0.2, -0.15) is 15.8 Å². The van der Waals surface area contributed by atoms with Crippen molar-refractivity contribution < 1.29 is 4.42 Å². The smallest absolute Gasteiger partial charge is 0.237 e. The molecule has 0 bridgehead atoms. The molecule has 3 aromatic rings. The van der Waals surface area contributed by atoms with Crippen molar-refractivity contribution in [3.63, 3.8) is 0 Å². The Hall–Kier alpha value is -3.60. The van der Waals surface area contributed by atoms with E-state index >= 15 is 0 Å². The summed E-state index contributed by atoms with van der Waals surface area (Å²) in [6.07, 6.45) is 0. The minimum absolute atomic E-state index is 0.101. The summed E-state index contributed by atoms with van der Waals surface area (Å²) in [5.74, 6) is 0.526. The predicted octanol–water partition coefficient (Wildman–Crippen LogP) is 3.79. The van der Waals surface area contributed by atoms with Crippen LogP contribution >= 0.6 is 11.3 Å². The van der Waals surface area contributed by atoms with Crippen LogP contribution in [0, 0.1) is 34.0 Å². The number of nitriles is 3. The van der Waals surface area contributed by atoms with Gasteiger partial charge in [0.05, 0.1) is 4.88 Å². The van der Waals surface area contributed by atoms with Crippen LogP contribution in [0.5, 0.6) is 0 Å². The van der Waals surface area contributed by atoms with Crippen molar-refractivity contribution in [1.29, 1.82) is 15.8 Å². The second-order valence-electron chi connectivity index (χ2n) is 4.39. The van der Waals surface area contributed by atoms with Crippen LogP contribution in [0.2, 0.25) is 0 Å². The Labute approximate surface area is 135 Å². The summed E-state index contributed by atoms with van der Waals surface area (Å²) < 4.78 is 5.68. The zero-order valence-electron chi connectivity index (χ0n) is 11.6. The number of allylic oxidation sites excluding steroid dienone is 2. The molecule has 0 radical (unpaired) electrons. The SMILES string of the molecule is N#CC(C#N)=C(C#N)Nc1ccc2oc(-c3cccs3)nc2c1. The van der Waals surface area contributed by atoms with E-state index in [9.17, 15) is 0 Å². The molecular formula is C16H7N5OS. The zero-order chi connectivity index (χ0) is 16.2. The molecule has 2 heterocycles. The summed E-state index contributed by atoms with van der Waals surface area (Å²) in [6.45, 7) is 0. The van der Waals surface area contributed by atoms with Crippen molar-refractivity contribution in [2.75, 3.05) is 5.32 Å². The second-order valence-corrected chi connectivity index (χ2v) is 5.34. The number of fused-ring (bicyclic) bond motifs is 1. The minimum Gasteiger partial charge on any atom is -0.435 e. The molecule has 0 saturated carbocycles. The number of oxazole rings is 1. The number of rotatable bonds is 3. The lowest BCUT2D eigenvalue weighted by Crippen LogP contribution is -2.00. The molecule has 2 aromatic heterocycles. The molecule has 0 fully saturated rings. The fourth-order valence-electron chi connectivity index (χ4n) is 1.94. The first-order chi connectivity index (χ1) is 11.2. The van der Waals surface area contributed by atoms with E-state index in [1.165, 1.54) is 11.3 Å². The number of benzene rings is 1. The van der Waals surface area contributed by atoms with Crippen LogP contribution in [0.25, 0.3) is 21.9 Å². The number of thiophene rings is 1. The van der Waals surface area contributed by atoms with Crippen LogP contribution in [-0.2, 0) is 0 Å². The normalized spacial score (nSPS) is 9.61. The van der Waals surface area contributed by atoms with Gasteiger partial charge < -0.3 is 9.73 Å². The fourth-order valence-corrected chi connectivity index (χ4v) is 2.59. The second kappa shape index (κ2) is 6.03. The summed E-state index contributed by atoms with van der Waals surface area (Å²) >= 11 is 1.53. The number of hydrogen-bond acceptors (Lipinski definition) is 7. The summed E-state index contributed by atoms with van der Waals surface area (Å²) in [4.78, 5) is 5.33. The van der Waals surface area contributed by atoms with Crippen molar-refractivity contribution in [3.05, 3.63) is 47.0 Å². The molecule has 0 saturated heterocycles. The van der Waals surface area contributed by atoms with Crippen LogP contribution in [0.3, 0.4) is 0 Å². The predicted molar refractivity (Wildman–Crippen MR) is 84.8 cm³/mol. The van der Waals surface area contributed by atoms with Gasteiger partial charge in [-0.05, 0) is 29.6 Å². The maximum absolute atomic E-state index is 9.06. The molecule has 0 aliphatic rings. The number of hydrogen-bond donors (Lipinski definition) is 1. The molecule has 23 heavy (non-hydrogen) atoms. The van der Waals surface area contributed by atoms with Gasteiger partial charge in [-0.3, -0.25) is 0 Å². The molecule has 0 atom stereocenters. The number of anilines is 1. The number of nitrogens with zero attached hydrogens (tertiary/aromatic N) is 4. The van der Waals surface area contributed by atoms with E-state index in [0.29, 0.717) is 22.7 Å². The topological polar surface area (TPSA) is 109 Å². The minimum atomic E-state index is -0.271. The molecule has 1 aromatic carbocycles. The molecular weight excluding hydrogens is 310 g/mol. The first-order valence-electron chi connectivity index (χ1n) is 6.41. The largest absolute Gasteiger partial charge is 0.435 e. The standard InChI is InChI=1S/C16H7N5OS/c17-7-10(8-18)13(9-19)20-11-3-4-14-12(6-11)21-16(22-14)15-2-1-5-23-15/h1-6,20H. The van der Waals surface area contributed by atoms with Crippen LogP contribution in [-0.4, -0.2) is 4.98 Å². The van der Waals surface area contributed by atoms with Gasteiger partial charge in [0.2, 0.25) is 5.89 Å². The monoisotopic (exact) mass is 317 g/mol. The van der Waals surface area contributed by atoms with E-state index in [0.717, 1.165) is 4.88 Å². The van der Waals surface area contributed by atoms with Gasteiger partial charge in [0.15, 0.2) is 11.2 Å². The molecule has 0 spiro atoms. The highest BCUT2D eigenvalue weighted by Gasteiger charge is 2.11. The molecule has 7 heteroatoms. The summed E-state index contributed by atoms with van der Waals surface area (Å²) in [7, 11) is 0. The van der Waals surface area contributed by atoms with Gasteiger partial charge in [-0.25, -0.2) is 4.98 Å². The lowest BCUT2D eigenvalue weighted by molar-refractivity contribution is 0.621. The fraction of sp³-hybridized carbons (Fsp3) is 0. The maximum Gasteiger partial charge on any atom is 0.237 e. The summed E-state index contributed by atoms with van der Waals surface area (Å²) in [6, 6.07) is 14.1. The Morgan fingerprint density at radius 3 is 2.61 bits per heavy atom. The third kappa shape index (κ3) is 2.75. The van der Waals surface area contributed by atoms with E-state index in [1.807, 2.05) is 23.6 Å². The Morgan fingerprint density at radius 2 is 1.96 bits per heavy atom. The van der Waals surface area contributed by atoms with Crippen molar-refractivity contribution in [2.45, 2.75) is 0 Å². The van der Waals surface area contributed by atoms with E-state index in [-0.39, 0.29) is 11.3 Å². The highest BCUT2D eigenvalue weighted by atomic mass is 32.1. The van der Waals surface area contributed by atoms with Crippen molar-refractivity contribution >= 4 is 28.1 Å². The Morgan fingerprint density at radius 1 is 1.13 bits per heavy atom. The van der Waals surface area contributed by atoms with Crippen LogP contribution < -0.4 is 5.32 Å². The third-order valence-corrected chi connectivity index (χ3v) is 3.83. The molecule has 0 unspecified atom stereocenters. The average Bonchev–Trinajstić information content (AvgIpc) is 3.23. The molecule has 1 N–H and O–H groups in total. The zero-order valence-corrected chi connectivity index (χ0v) is 12.4. The van der Waals surface area contributed by atoms with Crippen LogP contribution in [0.15, 0.2) is 51.4 Å². The third-order valence-electron chi connectivity index (χ3n) is 2.97. The molecule has 3 rings (SSSR count). The van der Waals surface area contributed by atoms with E-state index in [1.54, 1.807) is 30.3 Å². The molecule has 6 nitrogen and oxygen atoms in total. The van der Waals surface area contributed by atoms with Crippen LogP contribution in [0.1, 0.15) is 0 Å². The van der Waals surface area contributed by atoms with Crippen molar-refractivity contribution in [3.8, 4) is 29.0 Å². The first-order valence-corrected chi connectivity index (χ1v) is 7.29. The van der Waals surface area contributed by atoms with E-state index in [2.05, 4.69) is 10.3 Å². The molecule has 0 aliphatic heterocycles. The Bertz CT molecular complexity index is 1010. The Kier molecular flexibility index (Phi) is 3.76. The van der Waals surface area contributed by atoms with Gasteiger partial charge in [0.25, 0.3) is 0 Å². The van der Waals surface area contributed by atoms with Gasteiger partial charge in [0.1, 0.15) is 29.4 Å². The molecule has 108 valence electrons. The highest BCUT2D eigenvalue weighted by molar-refractivity contribution is 7.13. The van der Waals surface area contributed by atoms with Gasteiger partial charge in [0, 0.05) is 5.69 Å². The number of nitrogens with one attached hydrogen (secondary N) is 1. The van der Waals surface area contributed by atoms with Crippen molar-refractivity contribution in [1.82, 2.24) is 4.98 Å². The average molecular weight is 317 g/mol. The first kappa shape index (κ1) is 14.3. The lowest BCUT2D eigenvalue weighted by Gasteiger charge is -2.03. The molecule has 0 amide bonds. The maximum atomic E-state index is 9.06. The van der Waals surface area contributed by atoms with E-state index in [4.69, 9.17) is 20.2 Å². The quantitative estimate of drug-likeness (QED) is 0.736. The summed E-state index contributed by atoms with van der Waals surface area (Å²) in [5, 5.41) is 31.4. The van der Waals surface area contributed by atoms with Gasteiger partial charge in [-0.1, -0.05) is 6.07 Å². The lowest BCUT2D eigenvalue weighted by atomic mass is 10.2. The van der Waals surface area contributed by atoms with Gasteiger partial charge in [-0.15, -0.1) is 11.3 Å². The summed E-state index contributed by atoms with van der Waals surface area (Å²) in [5.41, 5.74) is 1.40. The highest BCUT2D eigenvalue weighted by Crippen LogP contribution is 2.29. The Balaban J connectivity index is 1.98. The van der Waals surface area contributed by atoms with Gasteiger partial charge >= 0.3 is 0 Å².